The molecule has 0 saturated heterocycles. The minimum Gasteiger partial charge on any atom is -0.481 e. The molecule has 0 amide bonds. The number of hydrogen-bond acceptors (Lipinski definition) is 5. The lowest BCUT2D eigenvalue weighted by atomic mass is 10.3. The summed E-state index contributed by atoms with van der Waals surface area (Å²) in [6, 6.07) is 0. The Morgan fingerprint density at radius 2 is 1.81 bits per heavy atom. The predicted molar refractivity (Wildman–Crippen MR) is 56.8 cm³/mol. The van der Waals surface area contributed by atoms with Gasteiger partial charge in [-0.2, -0.15) is 0 Å². The van der Waals surface area contributed by atoms with E-state index in [9.17, 15) is 9.59 Å². The SMILES string of the molecule is C=C(C)C(=O)OCCO.O=C(O)CCCO. The Morgan fingerprint density at radius 1 is 1.25 bits per heavy atom. The third kappa shape index (κ3) is 15.1. The van der Waals surface area contributed by atoms with Crippen LogP contribution in [0.15, 0.2) is 12.2 Å². The number of ether oxygens (including phenoxy) is 1. The molecule has 0 unspecified atom stereocenters. The van der Waals surface area contributed by atoms with Crippen LogP contribution in [0.2, 0.25) is 0 Å². The molecule has 94 valence electrons. The first-order valence-corrected chi connectivity index (χ1v) is 4.71. The number of carboxylic acid groups (broad SMARTS) is 1. The van der Waals surface area contributed by atoms with Gasteiger partial charge in [0.05, 0.1) is 6.61 Å². The van der Waals surface area contributed by atoms with E-state index in [1.165, 1.54) is 0 Å². The Morgan fingerprint density at radius 3 is 2.06 bits per heavy atom. The van der Waals surface area contributed by atoms with E-state index >= 15 is 0 Å². The number of aliphatic carboxylic acids is 1. The van der Waals surface area contributed by atoms with Crippen LogP contribution in [0.3, 0.4) is 0 Å². The van der Waals surface area contributed by atoms with E-state index in [0.717, 1.165) is 0 Å². The second-order valence-electron chi connectivity index (χ2n) is 2.86. The summed E-state index contributed by atoms with van der Waals surface area (Å²) in [7, 11) is 0. The third-order valence-electron chi connectivity index (χ3n) is 1.22. The number of aliphatic hydroxyl groups is 2. The van der Waals surface area contributed by atoms with Gasteiger partial charge in [0.1, 0.15) is 6.61 Å². The van der Waals surface area contributed by atoms with Crippen LogP contribution in [0.4, 0.5) is 0 Å². The summed E-state index contributed by atoms with van der Waals surface area (Å²) >= 11 is 0. The Balaban J connectivity index is 0. The standard InChI is InChI=1S/C6H10O3.C4H8O3/c1-5(2)6(8)9-4-3-7;5-3-1-2-4(6)7/h7H,1,3-4H2,2H3;5H,1-3H2,(H,6,7). The van der Waals surface area contributed by atoms with Crippen molar-refractivity contribution in [2.75, 3.05) is 19.8 Å². The summed E-state index contributed by atoms with van der Waals surface area (Å²) in [5, 5.41) is 24.2. The number of hydrogen-bond donors (Lipinski definition) is 3. The van der Waals surface area contributed by atoms with Gasteiger partial charge in [0.15, 0.2) is 0 Å². The maximum absolute atomic E-state index is 10.5. The lowest BCUT2D eigenvalue weighted by molar-refractivity contribution is -0.140. The molecule has 0 rings (SSSR count). The number of esters is 1. The van der Waals surface area contributed by atoms with Gasteiger partial charge in [-0.05, 0) is 13.3 Å². The zero-order chi connectivity index (χ0) is 13.0. The van der Waals surface area contributed by atoms with Crippen LogP contribution >= 0.6 is 0 Å². The summed E-state index contributed by atoms with van der Waals surface area (Å²) in [5.41, 5.74) is 0.350. The summed E-state index contributed by atoms with van der Waals surface area (Å²) < 4.78 is 4.46. The van der Waals surface area contributed by atoms with E-state index in [1.54, 1.807) is 6.92 Å². The van der Waals surface area contributed by atoms with E-state index in [4.69, 9.17) is 15.3 Å². The van der Waals surface area contributed by atoms with Gasteiger partial charge in [-0.25, -0.2) is 4.79 Å². The van der Waals surface area contributed by atoms with Gasteiger partial charge in [-0.15, -0.1) is 0 Å². The molecule has 6 heteroatoms. The largest absolute Gasteiger partial charge is 0.481 e. The first kappa shape index (κ1) is 17.0. The third-order valence-corrected chi connectivity index (χ3v) is 1.22. The Kier molecular flexibility index (Phi) is 12.4. The molecule has 0 aromatic carbocycles. The van der Waals surface area contributed by atoms with E-state index in [0.29, 0.717) is 12.0 Å². The number of carbonyl (C=O) groups excluding carboxylic acids is 1. The maximum atomic E-state index is 10.5. The Bertz CT molecular complexity index is 223. The molecule has 0 fully saturated rings. The number of aliphatic hydroxyl groups excluding tert-OH is 2. The zero-order valence-electron chi connectivity index (χ0n) is 9.31. The monoisotopic (exact) mass is 234 g/mol. The molecule has 0 bridgehead atoms. The molecule has 0 aromatic rings. The average Bonchev–Trinajstić information content (AvgIpc) is 2.23. The normalized spacial score (nSPS) is 8.69. The molecule has 16 heavy (non-hydrogen) atoms. The quantitative estimate of drug-likeness (QED) is 0.439. The summed E-state index contributed by atoms with van der Waals surface area (Å²) in [5.74, 6) is -1.31. The average molecular weight is 234 g/mol. The van der Waals surface area contributed by atoms with E-state index in [1.807, 2.05) is 0 Å². The molecule has 0 aliphatic heterocycles. The molecule has 3 N–H and O–H groups in total. The van der Waals surface area contributed by atoms with Crippen LogP contribution in [0, 0.1) is 0 Å². The van der Waals surface area contributed by atoms with Crippen molar-refractivity contribution >= 4 is 11.9 Å². The van der Waals surface area contributed by atoms with Crippen molar-refractivity contribution in [3.05, 3.63) is 12.2 Å². The highest BCUT2D eigenvalue weighted by molar-refractivity contribution is 5.86. The first-order chi connectivity index (χ1) is 7.45. The summed E-state index contributed by atoms with van der Waals surface area (Å²) in [4.78, 5) is 20.1. The van der Waals surface area contributed by atoms with Crippen molar-refractivity contribution in [2.24, 2.45) is 0 Å². The number of carboxylic acids is 1. The van der Waals surface area contributed by atoms with Gasteiger partial charge in [-0.3, -0.25) is 4.79 Å². The lowest BCUT2D eigenvalue weighted by Crippen LogP contribution is -2.08. The van der Waals surface area contributed by atoms with Crippen molar-refractivity contribution in [1.29, 1.82) is 0 Å². The minimum absolute atomic E-state index is 0.0354. The van der Waals surface area contributed by atoms with Gasteiger partial charge in [0.2, 0.25) is 0 Å². The zero-order valence-corrected chi connectivity index (χ0v) is 9.31. The van der Waals surface area contributed by atoms with E-state index < -0.39 is 11.9 Å². The summed E-state index contributed by atoms with van der Waals surface area (Å²) in [6.45, 7) is 4.78. The van der Waals surface area contributed by atoms with Gasteiger partial charge < -0.3 is 20.1 Å². The Hall–Kier alpha value is -1.40. The van der Waals surface area contributed by atoms with Crippen molar-refractivity contribution in [1.82, 2.24) is 0 Å². The molecule has 0 aliphatic carbocycles. The number of carbonyl (C=O) groups is 2. The van der Waals surface area contributed by atoms with Crippen molar-refractivity contribution in [2.45, 2.75) is 19.8 Å². The summed E-state index contributed by atoms with van der Waals surface area (Å²) in [6.07, 6.45) is 0.422. The fourth-order valence-corrected chi connectivity index (χ4v) is 0.492. The molecular formula is C10H18O6. The molecule has 6 nitrogen and oxygen atoms in total. The van der Waals surface area contributed by atoms with Gasteiger partial charge in [0, 0.05) is 18.6 Å². The molecule has 0 aromatic heterocycles. The first-order valence-electron chi connectivity index (χ1n) is 4.71. The fourth-order valence-electron chi connectivity index (χ4n) is 0.492. The predicted octanol–water partition coefficient (Wildman–Crippen LogP) is -0.0585. The van der Waals surface area contributed by atoms with Crippen molar-refractivity contribution in [3.8, 4) is 0 Å². The van der Waals surface area contributed by atoms with Crippen molar-refractivity contribution < 1.29 is 29.6 Å². The molecule has 0 saturated carbocycles. The van der Waals surface area contributed by atoms with Gasteiger partial charge in [-0.1, -0.05) is 6.58 Å². The van der Waals surface area contributed by atoms with Gasteiger partial charge >= 0.3 is 11.9 Å². The smallest absolute Gasteiger partial charge is 0.333 e. The maximum Gasteiger partial charge on any atom is 0.333 e. The highest BCUT2D eigenvalue weighted by Crippen LogP contribution is 1.89. The molecule has 0 spiro atoms. The van der Waals surface area contributed by atoms with Crippen molar-refractivity contribution in [3.63, 3.8) is 0 Å². The molecule has 0 radical (unpaired) electrons. The van der Waals surface area contributed by atoms with Crippen LogP contribution < -0.4 is 0 Å². The molecule has 0 aliphatic rings. The van der Waals surface area contributed by atoms with Crippen LogP contribution in [-0.4, -0.2) is 47.1 Å². The van der Waals surface area contributed by atoms with E-state index in [2.05, 4.69) is 11.3 Å². The minimum atomic E-state index is -0.853. The van der Waals surface area contributed by atoms with Crippen LogP contribution in [-0.2, 0) is 14.3 Å². The highest BCUT2D eigenvalue weighted by Gasteiger charge is 1.99. The Labute approximate surface area is 94.2 Å². The lowest BCUT2D eigenvalue weighted by Gasteiger charge is -1.99. The topological polar surface area (TPSA) is 104 Å². The second-order valence-corrected chi connectivity index (χ2v) is 2.86. The van der Waals surface area contributed by atoms with Crippen LogP contribution in [0.25, 0.3) is 0 Å². The van der Waals surface area contributed by atoms with Crippen LogP contribution in [0.1, 0.15) is 19.8 Å². The fraction of sp³-hybridized carbons (Fsp3) is 0.600. The molecular weight excluding hydrogens is 216 g/mol. The molecule has 0 heterocycles. The van der Waals surface area contributed by atoms with E-state index in [-0.39, 0.29) is 26.2 Å². The second kappa shape index (κ2) is 11.7. The molecule has 0 atom stereocenters. The highest BCUT2D eigenvalue weighted by atomic mass is 16.5. The van der Waals surface area contributed by atoms with Gasteiger partial charge in [0.25, 0.3) is 0 Å². The number of rotatable bonds is 6. The van der Waals surface area contributed by atoms with Crippen LogP contribution in [0.5, 0.6) is 0 Å².